The Morgan fingerprint density at radius 2 is 2.55 bits per heavy atom. The summed E-state index contributed by atoms with van der Waals surface area (Å²) in [6.07, 6.45) is -0.503. The summed E-state index contributed by atoms with van der Waals surface area (Å²) >= 11 is 4.80. The maximum Gasteiger partial charge on any atom is 0.102 e. The van der Waals surface area contributed by atoms with E-state index in [9.17, 15) is 5.11 Å². The van der Waals surface area contributed by atoms with Gasteiger partial charge in [-0.3, -0.25) is 11.3 Å². The molecule has 1 aromatic heterocycles. The maximum atomic E-state index is 9.38. The summed E-state index contributed by atoms with van der Waals surface area (Å²) in [6, 6.07) is 1.88. The van der Waals surface area contributed by atoms with Gasteiger partial charge in [0.15, 0.2) is 0 Å². The SMILES string of the molecule is NNCC(O)c1cc(Br)cs1. The van der Waals surface area contributed by atoms with E-state index in [1.807, 2.05) is 11.4 Å². The van der Waals surface area contributed by atoms with Crippen molar-refractivity contribution in [2.45, 2.75) is 6.10 Å². The highest BCUT2D eigenvalue weighted by Crippen LogP contribution is 2.24. The summed E-state index contributed by atoms with van der Waals surface area (Å²) in [4.78, 5) is 0.912. The number of hydrazine groups is 1. The summed E-state index contributed by atoms with van der Waals surface area (Å²) in [6.45, 7) is 0.382. The van der Waals surface area contributed by atoms with Gasteiger partial charge < -0.3 is 5.11 Å². The van der Waals surface area contributed by atoms with Gasteiger partial charge in [-0.1, -0.05) is 0 Å². The summed E-state index contributed by atoms with van der Waals surface area (Å²) < 4.78 is 0.994. The Morgan fingerprint density at radius 1 is 1.82 bits per heavy atom. The van der Waals surface area contributed by atoms with E-state index in [4.69, 9.17) is 5.84 Å². The molecule has 0 saturated carbocycles. The van der Waals surface area contributed by atoms with Gasteiger partial charge in [0.25, 0.3) is 0 Å². The number of hydrogen-bond acceptors (Lipinski definition) is 4. The fraction of sp³-hybridized carbons (Fsp3) is 0.333. The predicted molar refractivity (Wildman–Crippen MR) is 49.2 cm³/mol. The number of nitrogens with two attached hydrogens (primary N) is 1. The number of thiophene rings is 1. The van der Waals surface area contributed by atoms with Gasteiger partial charge in [-0.2, -0.15) is 0 Å². The molecule has 0 aliphatic heterocycles. The monoisotopic (exact) mass is 236 g/mol. The zero-order valence-electron chi connectivity index (χ0n) is 5.75. The molecular formula is C6H9BrN2OS. The normalized spacial score (nSPS) is 13.4. The Balaban J connectivity index is 2.60. The van der Waals surface area contributed by atoms with E-state index in [0.29, 0.717) is 6.54 Å². The second-order valence-electron chi connectivity index (χ2n) is 2.09. The van der Waals surface area contributed by atoms with Gasteiger partial charge in [-0.15, -0.1) is 11.3 Å². The number of aliphatic hydroxyl groups excluding tert-OH is 1. The van der Waals surface area contributed by atoms with Gasteiger partial charge in [-0.25, -0.2) is 0 Å². The Hall–Kier alpha value is 0.0600. The van der Waals surface area contributed by atoms with Crippen molar-refractivity contribution in [1.29, 1.82) is 0 Å². The lowest BCUT2D eigenvalue weighted by Crippen LogP contribution is -2.27. The van der Waals surface area contributed by atoms with Crippen LogP contribution in [0.15, 0.2) is 15.9 Å². The van der Waals surface area contributed by atoms with Crippen molar-refractivity contribution in [1.82, 2.24) is 5.43 Å². The molecule has 0 radical (unpaired) electrons. The van der Waals surface area contributed by atoms with Crippen molar-refractivity contribution in [3.8, 4) is 0 Å². The Kier molecular flexibility index (Phi) is 3.47. The molecule has 1 atom stereocenters. The highest BCUT2D eigenvalue weighted by Gasteiger charge is 2.07. The zero-order chi connectivity index (χ0) is 8.27. The third-order valence-corrected chi connectivity index (χ3v) is 3.02. The van der Waals surface area contributed by atoms with Crippen molar-refractivity contribution >= 4 is 27.3 Å². The first-order valence-electron chi connectivity index (χ1n) is 3.09. The highest BCUT2D eigenvalue weighted by atomic mass is 79.9. The molecule has 3 nitrogen and oxygen atoms in total. The van der Waals surface area contributed by atoms with Crippen molar-refractivity contribution in [2.75, 3.05) is 6.54 Å². The Labute approximate surface area is 77.3 Å². The molecule has 0 amide bonds. The molecule has 1 unspecified atom stereocenters. The highest BCUT2D eigenvalue weighted by molar-refractivity contribution is 9.10. The first-order valence-corrected chi connectivity index (χ1v) is 4.76. The Morgan fingerprint density at radius 3 is 3.00 bits per heavy atom. The molecule has 0 saturated heterocycles. The van der Waals surface area contributed by atoms with Crippen LogP contribution in [0.2, 0.25) is 0 Å². The number of aliphatic hydroxyl groups is 1. The van der Waals surface area contributed by atoms with E-state index >= 15 is 0 Å². The molecule has 0 bridgehead atoms. The van der Waals surface area contributed by atoms with Crippen LogP contribution in [-0.2, 0) is 0 Å². The molecule has 11 heavy (non-hydrogen) atoms. The van der Waals surface area contributed by atoms with E-state index in [0.717, 1.165) is 9.35 Å². The van der Waals surface area contributed by atoms with E-state index in [-0.39, 0.29) is 0 Å². The first-order chi connectivity index (χ1) is 5.24. The van der Waals surface area contributed by atoms with Crippen molar-refractivity contribution in [2.24, 2.45) is 5.84 Å². The van der Waals surface area contributed by atoms with Crippen LogP contribution < -0.4 is 11.3 Å². The van der Waals surface area contributed by atoms with Gasteiger partial charge in [0.2, 0.25) is 0 Å². The van der Waals surface area contributed by atoms with Crippen LogP contribution in [0, 0.1) is 0 Å². The van der Waals surface area contributed by atoms with E-state index < -0.39 is 6.10 Å². The quantitative estimate of drug-likeness (QED) is 0.543. The number of halogens is 1. The number of nitrogens with one attached hydrogen (secondary N) is 1. The molecule has 0 spiro atoms. The minimum atomic E-state index is -0.503. The predicted octanol–water partition coefficient (Wildman–Crippen LogP) is 1.01. The molecule has 62 valence electrons. The lowest BCUT2D eigenvalue weighted by Gasteiger charge is -2.05. The molecule has 0 fully saturated rings. The summed E-state index contributed by atoms with van der Waals surface area (Å²) in [5.74, 6) is 5.06. The van der Waals surface area contributed by atoms with E-state index in [2.05, 4.69) is 21.4 Å². The van der Waals surface area contributed by atoms with Crippen molar-refractivity contribution in [3.05, 3.63) is 20.8 Å². The third-order valence-electron chi connectivity index (χ3n) is 1.23. The van der Waals surface area contributed by atoms with E-state index in [1.54, 1.807) is 0 Å². The minimum absolute atomic E-state index is 0.382. The second-order valence-corrected chi connectivity index (χ2v) is 3.95. The lowest BCUT2D eigenvalue weighted by molar-refractivity contribution is 0.179. The fourth-order valence-corrected chi connectivity index (χ4v) is 2.15. The molecule has 1 aromatic rings. The molecular weight excluding hydrogens is 228 g/mol. The van der Waals surface area contributed by atoms with Crippen molar-refractivity contribution in [3.63, 3.8) is 0 Å². The molecule has 0 aromatic carbocycles. The molecule has 5 heteroatoms. The maximum absolute atomic E-state index is 9.38. The van der Waals surface area contributed by atoms with Crippen LogP contribution in [0.25, 0.3) is 0 Å². The number of rotatable bonds is 3. The minimum Gasteiger partial charge on any atom is -0.386 e. The van der Waals surface area contributed by atoms with Gasteiger partial charge >= 0.3 is 0 Å². The van der Waals surface area contributed by atoms with Gasteiger partial charge in [0, 0.05) is 21.3 Å². The first kappa shape index (κ1) is 9.15. The Bertz CT molecular complexity index is 228. The van der Waals surface area contributed by atoms with Crippen LogP contribution in [0.4, 0.5) is 0 Å². The van der Waals surface area contributed by atoms with Crippen LogP contribution in [0.1, 0.15) is 11.0 Å². The van der Waals surface area contributed by atoms with Gasteiger partial charge in [0.1, 0.15) is 6.10 Å². The topological polar surface area (TPSA) is 58.3 Å². The molecule has 0 aliphatic rings. The second kappa shape index (κ2) is 4.18. The molecule has 1 rings (SSSR count). The van der Waals surface area contributed by atoms with Crippen LogP contribution >= 0.6 is 27.3 Å². The summed E-state index contributed by atoms with van der Waals surface area (Å²) in [5.41, 5.74) is 2.42. The molecule has 4 N–H and O–H groups in total. The van der Waals surface area contributed by atoms with Crippen LogP contribution in [0.5, 0.6) is 0 Å². The smallest absolute Gasteiger partial charge is 0.102 e. The number of hydrogen-bond donors (Lipinski definition) is 3. The van der Waals surface area contributed by atoms with Crippen LogP contribution in [-0.4, -0.2) is 11.7 Å². The van der Waals surface area contributed by atoms with Gasteiger partial charge in [0.05, 0.1) is 0 Å². The average Bonchev–Trinajstić information content (AvgIpc) is 2.36. The molecule has 0 aliphatic carbocycles. The summed E-state index contributed by atoms with van der Waals surface area (Å²) in [7, 11) is 0. The average molecular weight is 237 g/mol. The zero-order valence-corrected chi connectivity index (χ0v) is 8.15. The lowest BCUT2D eigenvalue weighted by atomic mass is 10.3. The fourth-order valence-electron chi connectivity index (χ4n) is 0.715. The van der Waals surface area contributed by atoms with Crippen molar-refractivity contribution < 1.29 is 5.11 Å². The standard InChI is InChI=1S/C6H9BrN2OS/c7-4-1-6(11-3-4)5(10)2-9-8/h1,3,5,9-10H,2,8H2. The molecule has 1 heterocycles. The largest absolute Gasteiger partial charge is 0.386 e. The summed E-state index contributed by atoms with van der Waals surface area (Å²) in [5, 5.41) is 11.3. The van der Waals surface area contributed by atoms with E-state index in [1.165, 1.54) is 11.3 Å². The third kappa shape index (κ3) is 2.53. The van der Waals surface area contributed by atoms with Gasteiger partial charge in [-0.05, 0) is 22.0 Å². The van der Waals surface area contributed by atoms with Crippen LogP contribution in [0.3, 0.4) is 0 Å².